The lowest BCUT2D eigenvalue weighted by atomic mass is 10.1. The summed E-state index contributed by atoms with van der Waals surface area (Å²) < 4.78 is 0. The summed E-state index contributed by atoms with van der Waals surface area (Å²) in [5.41, 5.74) is 4.72. The maximum atomic E-state index is 4.44. The summed E-state index contributed by atoms with van der Waals surface area (Å²) in [5, 5.41) is 3.35. The van der Waals surface area contributed by atoms with Crippen LogP contribution in [0, 0.1) is 6.92 Å². The van der Waals surface area contributed by atoms with Crippen LogP contribution >= 0.6 is 0 Å². The minimum Gasteiger partial charge on any atom is -0.384 e. The average molecular weight is 211 g/mol. The quantitative estimate of drug-likeness (QED) is 0.787. The van der Waals surface area contributed by atoms with Gasteiger partial charge in [0.2, 0.25) is 0 Å². The molecule has 0 saturated carbocycles. The molecule has 3 heteroatoms. The van der Waals surface area contributed by atoms with Crippen molar-refractivity contribution in [2.45, 2.75) is 13.3 Å². The van der Waals surface area contributed by atoms with Crippen LogP contribution in [0.2, 0.25) is 0 Å². The molecular weight excluding hydrogens is 198 g/mol. The van der Waals surface area contributed by atoms with Crippen LogP contribution in [0.5, 0.6) is 0 Å². The van der Waals surface area contributed by atoms with E-state index >= 15 is 0 Å². The normalized spacial score (nSPS) is 13.3. The fourth-order valence-electron chi connectivity index (χ4n) is 2.03. The van der Waals surface area contributed by atoms with Gasteiger partial charge in [-0.3, -0.25) is 0 Å². The number of hydrogen-bond acceptors (Lipinski definition) is 3. The van der Waals surface area contributed by atoms with Gasteiger partial charge in [0, 0.05) is 29.7 Å². The first-order valence-corrected chi connectivity index (χ1v) is 5.50. The summed E-state index contributed by atoms with van der Waals surface area (Å²) in [6.07, 6.45) is 2.90. The molecule has 1 aromatic heterocycles. The van der Waals surface area contributed by atoms with Gasteiger partial charge in [0.15, 0.2) is 5.82 Å². The topological polar surface area (TPSA) is 37.8 Å². The molecule has 0 amide bonds. The molecular formula is C13H13N3. The molecule has 16 heavy (non-hydrogen) atoms. The molecule has 0 spiro atoms. The van der Waals surface area contributed by atoms with Crippen molar-refractivity contribution in [1.29, 1.82) is 0 Å². The molecule has 1 N–H and O–H groups in total. The van der Waals surface area contributed by atoms with Gasteiger partial charge in [-0.05, 0) is 43.2 Å². The lowest BCUT2D eigenvalue weighted by Gasteiger charge is -2.04. The van der Waals surface area contributed by atoms with Crippen LogP contribution in [0.3, 0.4) is 0 Å². The van der Waals surface area contributed by atoms with Crippen LogP contribution in [0.15, 0.2) is 30.5 Å². The molecule has 0 atom stereocenters. The van der Waals surface area contributed by atoms with E-state index in [0.717, 1.165) is 30.0 Å². The molecule has 0 bridgehead atoms. The van der Waals surface area contributed by atoms with Crippen molar-refractivity contribution in [3.05, 3.63) is 41.7 Å². The molecule has 2 aromatic rings. The number of nitrogens with zero attached hydrogens (tertiary/aromatic N) is 2. The number of rotatable bonds is 1. The number of nitrogens with one attached hydrogen (secondary N) is 1. The maximum absolute atomic E-state index is 4.44. The Bertz CT molecular complexity index is 534. The Hall–Kier alpha value is -1.90. The third kappa shape index (κ3) is 1.54. The molecule has 0 fully saturated rings. The highest BCUT2D eigenvalue weighted by Gasteiger charge is 2.11. The first-order chi connectivity index (χ1) is 7.83. The fraction of sp³-hybridized carbons (Fsp3) is 0.231. The summed E-state index contributed by atoms with van der Waals surface area (Å²) in [6, 6.07) is 8.29. The van der Waals surface area contributed by atoms with Crippen molar-refractivity contribution in [3.8, 4) is 11.4 Å². The summed E-state index contributed by atoms with van der Waals surface area (Å²) in [5.74, 6) is 0.815. The number of anilines is 1. The Morgan fingerprint density at radius 1 is 1.25 bits per heavy atom. The molecule has 2 heterocycles. The first-order valence-electron chi connectivity index (χ1n) is 5.50. The van der Waals surface area contributed by atoms with Crippen LogP contribution in [0.4, 0.5) is 5.69 Å². The molecule has 1 aliphatic rings. The number of aryl methyl sites for hydroxylation is 1. The van der Waals surface area contributed by atoms with Crippen molar-refractivity contribution in [2.24, 2.45) is 0 Å². The van der Waals surface area contributed by atoms with Gasteiger partial charge in [0.25, 0.3) is 0 Å². The molecule has 1 aliphatic heterocycles. The van der Waals surface area contributed by atoms with Crippen molar-refractivity contribution < 1.29 is 0 Å². The smallest absolute Gasteiger partial charge is 0.159 e. The predicted molar refractivity (Wildman–Crippen MR) is 64.4 cm³/mol. The molecule has 0 radical (unpaired) electrons. The number of aromatic nitrogens is 2. The van der Waals surface area contributed by atoms with Gasteiger partial charge >= 0.3 is 0 Å². The zero-order valence-electron chi connectivity index (χ0n) is 9.20. The zero-order chi connectivity index (χ0) is 11.0. The van der Waals surface area contributed by atoms with E-state index in [4.69, 9.17) is 0 Å². The SMILES string of the molecule is Cc1ccnc(-c2ccc3c(c2)CCN3)n1. The summed E-state index contributed by atoms with van der Waals surface area (Å²) in [4.78, 5) is 8.74. The van der Waals surface area contributed by atoms with Crippen LogP contribution < -0.4 is 5.32 Å². The van der Waals surface area contributed by atoms with E-state index in [1.807, 2.05) is 19.2 Å². The Morgan fingerprint density at radius 2 is 2.19 bits per heavy atom. The highest BCUT2D eigenvalue weighted by Crippen LogP contribution is 2.26. The second-order valence-corrected chi connectivity index (χ2v) is 4.07. The molecule has 0 aliphatic carbocycles. The van der Waals surface area contributed by atoms with Gasteiger partial charge in [-0.2, -0.15) is 0 Å². The largest absolute Gasteiger partial charge is 0.384 e. The van der Waals surface area contributed by atoms with Crippen molar-refractivity contribution in [3.63, 3.8) is 0 Å². The summed E-state index contributed by atoms with van der Waals surface area (Å²) in [6.45, 7) is 3.02. The van der Waals surface area contributed by atoms with Crippen molar-refractivity contribution in [1.82, 2.24) is 9.97 Å². The predicted octanol–water partition coefficient (Wildman–Crippen LogP) is 2.42. The van der Waals surface area contributed by atoms with E-state index in [9.17, 15) is 0 Å². The second kappa shape index (κ2) is 3.59. The van der Waals surface area contributed by atoms with Gasteiger partial charge in [0.1, 0.15) is 0 Å². The lowest BCUT2D eigenvalue weighted by Crippen LogP contribution is -1.91. The monoisotopic (exact) mass is 211 g/mol. The minimum atomic E-state index is 0.815. The first kappa shape index (κ1) is 9.33. The lowest BCUT2D eigenvalue weighted by molar-refractivity contribution is 1.09. The van der Waals surface area contributed by atoms with Crippen LogP contribution in [-0.2, 0) is 6.42 Å². The van der Waals surface area contributed by atoms with E-state index in [1.165, 1.54) is 11.3 Å². The van der Waals surface area contributed by atoms with E-state index in [2.05, 4.69) is 33.5 Å². The van der Waals surface area contributed by atoms with Gasteiger partial charge < -0.3 is 5.32 Å². The molecule has 1 aromatic carbocycles. The molecule has 3 rings (SSSR count). The number of benzene rings is 1. The second-order valence-electron chi connectivity index (χ2n) is 4.07. The van der Waals surface area contributed by atoms with Gasteiger partial charge in [-0.25, -0.2) is 9.97 Å². The van der Waals surface area contributed by atoms with Gasteiger partial charge in [0.05, 0.1) is 0 Å². The third-order valence-corrected chi connectivity index (χ3v) is 2.87. The highest BCUT2D eigenvalue weighted by molar-refractivity contribution is 5.65. The molecule has 3 nitrogen and oxygen atoms in total. The average Bonchev–Trinajstić information content (AvgIpc) is 2.75. The Kier molecular flexibility index (Phi) is 2.10. The number of hydrogen-bond donors (Lipinski definition) is 1. The van der Waals surface area contributed by atoms with Crippen molar-refractivity contribution in [2.75, 3.05) is 11.9 Å². The minimum absolute atomic E-state index is 0.815. The Balaban J connectivity index is 2.07. The van der Waals surface area contributed by atoms with Gasteiger partial charge in [-0.15, -0.1) is 0 Å². The standard InChI is InChI=1S/C13H13N3/c1-9-4-6-15-13(16-9)11-2-3-12-10(8-11)5-7-14-12/h2-4,6,8,14H,5,7H2,1H3. The third-order valence-electron chi connectivity index (χ3n) is 2.87. The highest BCUT2D eigenvalue weighted by atomic mass is 14.9. The molecule has 0 unspecified atom stereocenters. The van der Waals surface area contributed by atoms with E-state index in [1.54, 1.807) is 0 Å². The van der Waals surface area contributed by atoms with Crippen LogP contribution in [-0.4, -0.2) is 16.5 Å². The Morgan fingerprint density at radius 3 is 3.06 bits per heavy atom. The van der Waals surface area contributed by atoms with Crippen LogP contribution in [0.25, 0.3) is 11.4 Å². The molecule has 0 saturated heterocycles. The van der Waals surface area contributed by atoms with E-state index in [0.29, 0.717) is 0 Å². The maximum Gasteiger partial charge on any atom is 0.159 e. The number of fused-ring (bicyclic) bond motifs is 1. The van der Waals surface area contributed by atoms with Crippen molar-refractivity contribution >= 4 is 5.69 Å². The fourth-order valence-corrected chi connectivity index (χ4v) is 2.03. The van der Waals surface area contributed by atoms with Gasteiger partial charge in [-0.1, -0.05) is 0 Å². The molecule has 80 valence electrons. The summed E-state index contributed by atoms with van der Waals surface area (Å²) >= 11 is 0. The zero-order valence-corrected chi connectivity index (χ0v) is 9.20. The summed E-state index contributed by atoms with van der Waals surface area (Å²) in [7, 11) is 0. The Labute approximate surface area is 94.6 Å². The van der Waals surface area contributed by atoms with E-state index in [-0.39, 0.29) is 0 Å². The van der Waals surface area contributed by atoms with Crippen LogP contribution in [0.1, 0.15) is 11.3 Å². The van der Waals surface area contributed by atoms with E-state index < -0.39 is 0 Å².